The predicted octanol–water partition coefficient (Wildman–Crippen LogP) is 0.583. The second kappa shape index (κ2) is 4.01. The van der Waals surface area contributed by atoms with Crippen LogP contribution in [0.1, 0.15) is 15.9 Å². The van der Waals surface area contributed by atoms with Crippen LogP contribution in [0.4, 0.5) is 0 Å². The van der Waals surface area contributed by atoms with E-state index in [-0.39, 0.29) is 12.1 Å². The molecular weight excluding hydrogens is 212 g/mol. The molecular formula is C10H8N2O4. The molecule has 0 atom stereocenters. The van der Waals surface area contributed by atoms with Gasteiger partial charge in [0.15, 0.2) is 0 Å². The molecule has 2 aromatic rings. The topological polar surface area (TPSA) is 85.3 Å². The third-order valence-corrected chi connectivity index (χ3v) is 2.09. The summed E-state index contributed by atoms with van der Waals surface area (Å²) in [6, 6.07) is 2.78. The highest BCUT2D eigenvalue weighted by Gasteiger charge is 2.10. The Morgan fingerprint density at radius 2 is 2.38 bits per heavy atom. The van der Waals surface area contributed by atoms with Crippen LogP contribution in [0.25, 0.3) is 0 Å². The summed E-state index contributed by atoms with van der Waals surface area (Å²) in [6.45, 7) is 0.240. The number of aromatic carboxylic acids is 1. The summed E-state index contributed by atoms with van der Waals surface area (Å²) in [7, 11) is 0. The van der Waals surface area contributed by atoms with Crippen molar-refractivity contribution in [2.75, 3.05) is 0 Å². The largest absolute Gasteiger partial charge is 0.477 e. The standard InChI is InChI=1S/C10H8N2O4/c13-9-8(10(14)15)2-1-3-12(9)5-7-4-11-16-6-7/h1-4,6H,5H2,(H,14,15). The number of hydrogen-bond acceptors (Lipinski definition) is 4. The molecule has 0 aliphatic carbocycles. The molecule has 0 aromatic carbocycles. The molecule has 16 heavy (non-hydrogen) atoms. The van der Waals surface area contributed by atoms with Gasteiger partial charge in [-0.25, -0.2) is 4.79 Å². The van der Waals surface area contributed by atoms with Crippen molar-refractivity contribution in [1.29, 1.82) is 0 Å². The van der Waals surface area contributed by atoms with Gasteiger partial charge in [0.1, 0.15) is 11.8 Å². The maximum Gasteiger partial charge on any atom is 0.341 e. The van der Waals surface area contributed by atoms with Crippen LogP contribution in [-0.4, -0.2) is 20.8 Å². The highest BCUT2D eigenvalue weighted by Crippen LogP contribution is 2.00. The molecule has 0 radical (unpaired) electrons. The fourth-order valence-corrected chi connectivity index (χ4v) is 1.33. The molecule has 0 bridgehead atoms. The lowest BCUT2D eigenvalue weighted by molar-refractivity contribution is 0.0694. The Kier molecular flexibility index (Phi) is 2.55. The summed E-state index contributed by atoms with van der Waals surface area (Å²) in [5.74, 6) is -1.23. The van der Waals surface area contributed by atoms with Crippen molar-refractivity contribution < 1.29 is 14.4 Å². The van der Waals surface area contributed by atoms with Gasteiger partial charge in [-0.2, -0.15) is 0 Å². The molecule has 0 saturated carbocycles. The van der Waals surface area contributed by atoms with Crippen LogP contribution in [0.3, 0.4) is 0 Å². The van der Waals surface area contributed by atoms with Crippen LogP contribution >= 0.6 is 0 Å². The molecule has 1 N–H and O–H groups in total. The lowest BCUT2D eigenvalue weighted by Gasteiger charge is -2.03. The molecule has 2 aromatic heterocycles. The van der Waals surface area contributed by atoms with E-state index in [2.05, 4.69) is 9.68 Å². The van der Waals surface area contributed by atoms with Crippen LogP contribution in [-0.2, 0) is 6.54 Å². The van der Waals surface area contributed by atoms with Crippen LogP contribution in [0.2, 0.25) is 0 Å². The molecule has 0 spiro atoms. The van der Waals surface area contributed by atoms with E-state index in [1.165, 1.54) is 35.4 Å². The molecule has 0 fully saturated rings. The first-order valence-electron chi connectivity index (χ1n) is 4.49. The normalized spacial score (nSPS) is 10.2. The number of rotatable bonds is 3. The number of carboxylic acids is 1. The molecule has 0 aliphatic rings. The van der Waals surface area contributed by atoms with Gasteiger partial charge in [0.2, 0.25) is 0 Å². The SMILES string of the molecule is O=C(O)c1cccn(Cc2cnoc2)c1=O. The second-order valence-electron chi connectivity index (χ2n) is 3.19. The lowest BCUT2D eigenvalue weighted by atomic mass is 10.2. The van der Waals surface area contributed by atoms with Crippen molar-refractivity contribution in [3.63, 3.8) is 0 Å². The van der Waals surface area contributed by atoms with Crippen LogP contribution in [0, 0.1) is 0 Å². The van der Waals surface area contributed by atoms with E-state index >= 15 is 0 Å². The van der Waals surface area contributed by atoms with Gasteiger partial charge in [-0.3, -0.25) is 4.79 Å². The lowest BCUT2D eigenvalue weighted by Crippen LogP contribution is -2.25. The van der Waals surface area contributed by atoms with Crippen molar-refractivity contribution in [3.8, 4) is 0 Å². The van der Waals surface area contributed by atoms with Gasteiger partial charge in [0, 0.05) is 11.8 Å². The zero-order valence-electron chi connectivity index (χ0n) is 8.16. The number of pyridine rings is 1. The Morgan fingerprint density at radius 1 is 1.56 bits per heavy atom. The molecule has 0 aliphatic heterocycles. The van der Waals surface area contributed by atoms with Crippen molar-refractivity contribution in [3.05, 3.63) is 52.3 Å². The number of nitrogens with zero attached hydrogens (tertiary/aromatic N) is 2. The van der Waals surface area contributed by atoms with Crippen LogP contribution in [0.5, 0.6) is 0 Å². The van der Waals surface area contributed by atoms with Gasteiger partial charge in [0.25, 0.3) is 5.56 Å². The number of carbonyl (C=O) groups is 1. The minimum absolute atomic E-state index is 0.240. The molecule has 0 unspecified atom stereocenters. The Hall–Kier alpha value is -2.37. The van der Waals surface area contributed by atoms with Crippen molar-refractivity contribution >= 4 is 5.97 Å². The maximum atomic E-state index is 11.7. The first-order chi connectivity index (χ1) is 7.68. The molecule has 2 heterocycles. The van der Waals surface area contributed by atoms with E-state index in [9.17, 15) is 9.59 Å². The van der Waals surface area contributed by atoms with Crippen molar-refractivity contribution in [2.45, 2.75) is 6.54 Å². The Morgan fingerprint density at radius 3 is 3.00 bits per heavy atom. The summed E-state index contributed by atoms with van der Waals surface area (Å²) < 4.78 is 5.91. The highest BCUT2D eigenvalue weighted by molar-refractivity contribution is 5.86. The van der Waals surface area contributed by atoms with E-state index in [4.69, 9.17) is 5.11 Å². The monoisotopic (exact) mass is 220 g/mol. The number of aromatic nitrogens is 2. The first kappa shape index (κ1) is 10.2. The van der Waals surface area contributed by atoms with Gasteiger partial charge in [-0.15, -0.1) is 0 Å². The molecule has 0 saturated heterocycles. The minimum atomic E-state index is -1.23. The van der Waals surface area contributed by atoms with Crippen molar-refractivity contribution in [2.24, 2.45) is 0 Å². The summed E-state index contributed by atoms with van der Waals surface area (Å²) in [5, 5.41) is 12.3. The van der Waals surface area contributed by atoms with Gasteiger partial charge in [0.05, 0.1) is 12.7 Å². The summed E-state index contributed by atoms with van der Waals surface area (Å²) in [6.07, 6.45) is 4.39. The van der Waals surface area contributed by atoms with Gasteiger partial charge in [-0.1, -0.05) is 5.16 Å². The average molecular weight is 220 g/mol. The van der Waals surface area contributed by atoms with E-state index in [1.807, 2.05) is 0 Å². The molecule has 6 nitrogen and oxygen atoms in total. The van der Waals surface area contributed by atoms with E-state index in [0.717, 1.165) is 0 Å². The maximum absolute atomic E-state index is 11.7. The number of carboxylic acid groups (broad SMARTS) is 1. The fourth-order valence-electron chi connectivity index (χ4n) is 1.33. The zero-order chi connectivity index (χ0) is 11.5. The first-order valence-corrected chi connectivity index (χ1v) is 4.49. The van der Waals surface area contributed by atoms with E-state index in [1.54, 1.807) is 0 Å². The molecule has 2 rings (SSSR count). The van der Waals surface area contributed by atoms with Crippen LogP contribution < -0.4 is 5.56 Å². The molecule has 0 amide bonds. The zero-order valence-corrected chi connectivity index (χ0v) is 8.16. The Bertz CT molecular complexity index is 556. The summed E-state index contributed by atoms with van der Waals surface area (Å²) >= 11 is 0. The molecule has 6 heteroatoms. The Labute approximate surface area is 89.7 Å². The fraction of sp³-hybridized carbons (Fsp3) is 0.100. The summed E-state index contributed by atoms with van der Waals surface area (Å²) in [4.78, 5) is 22.4. The van der Waals surface area contributed by atoms with Crippen LogP contribution in [0.15, 0.2) is 40.1 Å². The van der Waals surface area contributed by atoms with Gasteiger partial charge >= 0.3 is 5.97 Å². The van der Waals surface area contributed by atoms with Crippen molar-refractivity contribution in [1.82, 2.24) is 9.72 Å². The van der Waals surface area contributed by atoms with E-state index in [0.29, 0.717) is 5.56 Å². The van der Waals surface area contributed by atoms with E-state index < -0.39 is 11.5 Å². The summed E-state index contributed by atoms with van der Waals surface area (Å²) in [5.41, 5.74) is -0.0974. The Balaban J connectivity index is 2.39. The third-order valence-electron chi connectivity index (χ3n) is 2.09. The predicted molar refractivity (Wildman–Crippen MR) is 53.3 cm³/mol. The smallest absolute Gasteiger partial charge is 0.341 e. The third kappa shape index (κ3) is 1.85. The number of hydrogen-bond donors (Lipinski definition) is 1. The molecule has 82 valence electrons. The van der Waals surface area contributed by atoms with Gasteiger partial charge < -0.3 is 14.2 Å². The second-order valence-corrected chi connectivity index (χ2v) is 3.19. The quantitative estimate of drug-likeness (QED) is 0.817. The average Bonchev–Trinajstić information content (AvgIpc) is 2.73. The highest BCUT2D eigenvalue weighted by atomic mass is 16.5. The minimum Gasteiger partial charge on any atom is -0.477 e. The van der Waals surface area contributed by atoms with Gasteiger partial charge in [-0.05, 0) is 12.1 Å².